The number of rotatable bonds is 4. The number of fused-ring (bicyclic) bond motifs is 1. The van der Waals surface area contributed by atoms with Crippen molar-refractivity contribution in [1.82, 2.24) is 4.98 Å². The van der Waals surface area contributed by atoms with Crippen LogP contribution in [0.4, 0.5) is 17.1 Å². The highest BCUT2D eigenvalue weighted by Gasteiger charge is 2.16. The molecule has 1 heterocycles. The number of para-hydroxylation sites is 1. The summed E-state index contributed by atoms with van der Waals surface area (Å²) >= 11 is 9.61. The van der Waals surface area contributed by atoms with Crippen molar-refractivity contribution >= 4 is 61.5 Å². The van der Waals surface area contributed by atoms with Crippen molar-refractivity contribution in [3.8, 4) is 0 Å². The van der Waals surface area contributed by atoms with Crippen LogP contribution in [0.3, 0.4) is 0 Å². The number of aromatic nitrogens is 1. The Bertz CT molecular complexity index is 962. The van der Waals surface area contributed by atoms with Gasteiger partial charge in [0.2, 0.25) is 0 Å². The zero-order chi connectivity index (χ0) is 18.0. The summed E-state index contributed by atoms with van der Waals surface area (Å²) in [5.74, 6) is -0.466. The highest BCUT2D eigenvalue weighted by molar-refractivity contribution is 9.10. The Kier molecular flexibility index (Phi) is 5.11. The summed E-state index contributed by atoms with van der Waals surface area (Å²) in [6.07, 6.45) is 1.66. The standard InChI is InChI=1S/C18H15BrClN3O2/c1-2-25-18(24)12-8-10(19)9-15(16(12)21)23-14-6-7-22-17-11(14)4-3-5-13(17)20/h3-9H,2,21H2,1H3,(H,22,23). The molecule has 0 aliphatic carbocycles. The van der Waals surface area contributed by atoms with E-state index in [9.17, 15) is 4.79 Å². The summed E-state index contributed by atoms with van der Waals surface area (Å²) in [7, 11) is 0. The third-order valence-corrected chi connectivity index (χ3v) is 4.39. The average Bonchev–Trinajstić information content (AvgIpc) is 2.59. The minimum Gasteiger partial charge on any atom is -0.462 e. The second kappa shape index (κ2) is 7.29. The van der Waals surface area contributed by atoms with Crippen LogP contribution in [0, 0.1) is 0 Å². The minimum absolute atomic E-state index is 0.279. The van der Waals surface area contributed by atoms with Gasteiger partial charge >= 0.3 is 5.97 Å². The van der Waals surface area contributed by atoms with E-state index >= 15 is 0 Å². The first-order chi connectivity index (χ1) is 12.0. The number of pyridine rings is 1. The second-order valence-electron chi connectivity index (χ2n) is 5.25. The highest BCUT2D eigenvalue weighted by Crippen LogP contribution is 2.34. The molecule has 128 valence electrons. The van der Waals surface area contributed by atoms with Gasteiger partial charge < -0.3 is 15.8 Å². The van der Waals surface area contributed by atoms with Crippen molar-refractivity contribution in [2.24, 2.45) is 0 Å². The Morgan fingerprint density at radius 3 is 2.88 bits per heavy atom. The molecule has 0 saturated heterocycles. The Morgan fingerprint density at radius 1 is 1.32 bits per heavy atom. The first-order valence-corrected chi connectivity index (χ1v) is 8.74. The van der Waals surface area contributed by atoms with Gasteiger partial charge in [-0.2, -0.15) is 0 Å². The monoisotopic (exact) mass is 419 g/mol. The van der Waals surface area contributed by atoms with Crippen LogP contribution < -0.4 is 11.1 Å². The first kappa shape index (κ1) is 17.5. The predicted octanol–water partition coefficient (Wildman–Crippen LogP) is 5.15. The van der Waals surface area contributed by atoms with Crippen LogP contribution in [0.2, 0.25) is 5.02 Å². The van der Waals surface area contributed by atoms with Gasteiger partial charge in [0, 0.05) is 21.7 Å². The summed E-state index contributed by atoms with van der Waals surface area (Å²) in [6.45, 7) is 2.03. The number of hydrogen-bond acceptors (Lipinski definition) is 5. The highest BCUT2D eigenvalue weighted by atomic mass is 79.9. The Balaban J connectivity index is 2.07. The molecule has 3 N–H and O–H groups in total. The minimum atomic E-state index is -0.466. The zero-order valence-electron chi connectivity index (χ0n) is 13.3. The van der Waals surface area contributed by atoms with Crippen LogP contribution >= 0.6 is 27.5 Å². The van der Waals surface area contributed by atoms with Gasteiger partial charge in [-0.15, -0.1) is 0 Å². The van der Waals surface area contributed by atoms with Gasteiger partial charge in [0.05, 0.1) is 34.1 Å². The Labute approximate surface area is 158 Å². The fourth-order valence-electron chi connectivity index (χ4n) is 2.49. The van der Waals surface area contributed by atoms with Crippen LogP contribution in [0.25, 0.3) is 10.9 Å². The lowest BCUT2D eigenvalue weighted by atomic mass is 10.1. The van der Waals surface area contributed by atoms with E-state index in [2.05, 4.69) is 26.2 Å². The first-order valence-electron chi connectivity index (χ1n) is 7.57. The number of nitrogens with zero attached hydrogens (tertiary/aromatic N) is 1. The van der Waals surface area contributed by atoms with Crippen molar-refractivity contribution in [3.63, 3.8) is 0 Å². The van der Waals surface area contributed by atoms with E-state index in [0.29, 0.717) is 32.0 Å². The normalized spacial score (nSPS) is 10.7. The number of benzene rings is 2. The van der Waals surface area contributed by atoms with E-state index in [1.165, 1.54) is 0 Å². The number of anilines is 3. The van der Waals surface area contributed by atoms with E-state index in [4.69, 9.17) is 22.1 Å². The molecule has 0 aliphatic rings. The Hall–Kier alpha value is -2.31. The molecule has 5 nitrogen and oxygen atoms in total. The van der Waals surface area contributed by atoms with Gasteiger partial charge in [-0.3, -0.25) is 4.98 Å². The average molecular weight is 421 g/mol. The van der Waals surface area contributed by atoms with E-state index in [0.717, 1.165) is 11.1 Å². The SMILES string of the molecule is CCOC(=O)c1cc(Br)cc(Nc2ccnc3c(Cl)cccc23)c1N. The van der Waals surface area contributed by atoms with Crippen molar-refractivity contribution in [3.05, 3.63) is 57.7 Å². The molecular weight excluding hydrogens is 406 g/mol. The molecule has 0 amide bonds. The maximum atomic E-state index is 12.1. The van der Waals surface area contributed by atoms with Crippen molar-refractivity contribution in [2.45, 2.75) is 6.92 Å². The van der Waals surface area contributed by atoms with Gasteiger partial charge in [0.1, 0.15) is 0 Å². The third-order valence-electron chi connectivity index (χ3n) is 3.63. The molecule has 0 atom stereocenters. The third kappa shape index (κ3) is 3.55. The number of ether oxygens (including phenoxy) is 1. The predicted molar refractivity (Wildman–Crippen MR) is 105 cm³/mol. The Morgan fingerprint density at radius 2 is 2.12 bits per heavy atom. The summed E-state index contributed by atoms with van der Waals surface area (Å²) in [5, 5.41) is 4.68. The van der Waals surface area contributed by atoms with Gasteiger partial charge in [-0.1, -0.05) is 39.7 Å². The number of carbonyl (C=O) groups is 1. The molecule has 3 rings (SSSR count). The van der Waals surface area contributed by atoms with E-state index in [1.807, 2.05) is 18.2 Å². The number of nitrogens with two attached hydrogens (primary N) is 1. The molecule has 0 aliphatic heterocycles. The summed E-state index contributed by atoms with van der Waals surface area (Å²) < 4.78 is 5.77. The van der Waals surface area contributed by atoms with Crippen molar-refractivity contribution in [1.29, 1.82) is 0 Å². The van der Waals surface area contributed by atoms with Gasteiger partial charge in [0.15, 0.2) is 0 Å². The maximum absolute atomic E-state index is 12.1. The van der Waals surface area contributed by atoms with Crippen molar-refractivity contribution in [2.75, 3.05) is 17.7 Å². The molecule has 0 fully saturated rings. The summed E-state index contributed by atoms with van der Waals surface area (Å²) in [5.41, 5.74) is 8.85. The van der Waals surface area contributed by atoms with Crippen LogP contribution in [-0.4, -0.2) is 17.6 Å². The molecule has 7 heteroatoms. The molecule has 0 saturated carbocycles. The lowest BCUT2D eigenvalue weighted by Crippen LogP contribution is -2.10. The summed E-state index contributed by atoms with van der Waals surface area (Å²) in [4.78, 5) is 16.4. The van der Waals surface area contributed by atoms with Gasteiger partial charge in [-0.05, 0) is 31.2 Å². The van der Waals surface area contributed by atoms with E-state index < -0.39 is 5.97 Å². The fourth-order valence-corrected chi connectivity index (χ4v) is 3.17. The second-order valence-corrected chi connectivity index (χ2v) is 6.58. The van der Waals surface area contributed by atoms with Gasteiger partial charge in [0.25, 0.3) is 0 Å². The molecule has 25 heavy (non-hydrogen) atoms. The van der Waals surface area contributed by atoms with E-state index in [-0.39, 0.29) is 6.61 Å². The molecule has 3 aromatic rings. The zero-order valence-corrected chi connectivity index (χ0v) is 15.7. The quantitative estimate of drug-likeness (QED) is 0.451. The number of esters is 1. The molecule has 0 unspecified atom stereocenters. The molecule has 1 aromatic heterocycles. The lowest BCUT2D eigenvalue weighted by Gasteiger charge is -2.15. The number of hydrogen-bond donors (Lipinski definition) is 2. The van der Waals surface area contributed by atoms with Crippen LogP contribution in [0.1, 0.15) is 17.3 Å². The molecule has 0 radical (unpaired) electrons. The molecule has 0 bridgehead atoms. The van der Waals surface area contributed by atoms with Crippen molar-refractivity contribution < 1.29 is 9.53 Å². The fraction of sp³-hybridized carbons (Fsp3) is 0.111. The smallest absolute Gasteiger partial charge is 0.340 e. The summed E-state index contributed by atoms with van der Waals surface area (Å²) in [6, 6.07) is 10.8. The molecule has 2 aromatic carbocycles. The maximum Gasteiger partial charge on any atom is 0.340 e. The van der Waals surface area contributed by atoms with Crippen LogP contribution in [0.5, 0.6) is 0 Å². The number of halogens is 2. The van der Waals surface area contributed by atoms with Crippen LogP contribution in [0.15, 0.2) is 47.1 Å². The number of nitrogen functional groups attached to an aromatic ring is 1. The topological polar surface area (TPSA) is 77.2 Å². The largest absolute Gasteiger partial charge is 0.462 e. The molecular formula is C18H15BrClN3O2. The van der Waals surface area contributed by atoms with Crippen LogP contribution in [-0.2, 0) is 4.74 Å². The lowest BCUT2D eigenvalue weighted by molar-refractivity contribution is 0.0527. The number of carbonyl (C=O) groups excluding carboxylic acids is 1. The van der Waals surface area contributed by atoms with E-state index in [1.54, 1.807) is 31.3 Å². The number of nitrogens with one attached hydrogen (secondary N) is 1. The van der Waals surface area contributed by atoms with Gasteiger partial charge in [-0.25, -0.2) is 4.79 Å². The molecule has 0 spiro atoms.